The number of unbranched alkanes of at least 4 members (excludes halogenated alkanes) is 1. The summed E-state index contributed by atoms with van der Waals surface area (Å²) >= 11 is 4.80. The number of carboxylic acids is 1. The zero-order chi connectivity index (χ0) is 11.7. The summed E-state index contributed by atoms with van der Waals surface area (Å²) in [6.07, 6.45) is 2.04. The molecule has 0 saturated carbocycles. The van der Waals surface area contributed by atoms with Crippen LogP contribution >= 0.6 is 12.2 Å². The van der Waals surface area contributed by atoms with E-state index in [1.54, 1.807) is 6.92 Å². The maximum atomic E-state index is 10.8. The molecule has 6 heteroatoms. The summed E-state index contributed by atoms with van der Waals surface area (Å²) in [6, 6.07) is -0.758. The molecule has 0 radical (unpaired) electrons. The highest BCUT2D eigenvalue weighted by atomic mass is 32.1. The van der Waals surface area contributed by atoms with Crippen LogP contribution in [0.5, 0.6) is 0 Å². The first kappa shape index (κ1) is 14.1. The predicted octanol–water partition coefficient (Wildman–Crippen LogP) is 1.41. The van der Waals surface area contributed by atoms with Crippen LogP contribution in [0, 0.1) is 0 Å². The molecule has 0 aromatic carbocycles. The smallest absolute Gasteiger partial charge is 0.330 e. The molecule has 1 atom stereocenters. The van der Waals surface area contributed by atoms with Crippen molar-refractivity contribution in [3.05, 3.63) is 0 Å². The van der Waals surface area contributed by atoms with E-state index in [2.05, 4.69) is 10.2 Å². The van der Waals surface area contributed by atoms with Crippen LogP contribution in [0.2, 0.25) is 0 Å². The van der Waals surface area contributed by atoms with Crippen LogP contribution in [0.4, 0.5) is 0 Å². The summed E-state index contributed by atoms with van der Waals surface area (Å²) < 4.78 is 0. The van der Waals surface area contributed by atoms with E-state index in [-0.39, 0.29) is 0 Å². The molecule has 0 aromatic rings. The summed E-state index contributed by atoms with van der Waals surface area (Å²) in [6.45, 7) is 2.64. The van der Waals surface area contributed by atoms with Crippen LogP contribution in [-0.2, 0) is 4.79 Å². The molecule has 0 aliphatic rings. The van der Waals surface area contributed by atoms with E-state index >= 15 is 0 Å². The molecule has 0 amide bonds. The molecule has 0 bridgehead atoms. The Bertz CT molecular complexity index is 244. The number of carboxylic acid groups (broad SMARTS) is 1. The number of azo groups is 1. The molecule has 0 aliphatic heterocycles. The minimum atomic E-state index is -0.946. The average Bonchev–Trinajstić information content (AvgIpc) is 2.15. The molecule has 3 N–H and O–H groups in total. The van der Waals surface area contributed by atoms with Gasteiger partial charge in [0.15, 0.2) is 6.04 Å². The monoisotopic (exact) mass is 231 g/mol. The SMILES string of the molecule is CC(=S)CN=N[C@@H](CCCCN)C(=O)O. The molecular weight excluding hydrogens is 214 g/mol. The maximum Gasteiger partial charge on any atom is 0.330 e. The van der Waals surface area contributed by atoms with Crippen molar-refractivity contribution < 1.29 is 9.90 Å². The minimum Gasteiger partial charge on any atom is -0.480 e. The van der Waals surface area contributed by atoms with Crippen LogP contribution in [0.15, 0.2) is 10.2 Å². The van der Waals surface area contributed by atoms with Gasteiger partial charge < -0.3 is 10.8 Å². The molecule has 0 rings (SSSR count). The molecule has 0 unspecified atom stereocenters. The molecule has 0 saturated heterocycles. The molecule has 86 valence electrons. The summed E-state index contributed by atoms with van der Waals surface area (Å²) in [7, 11) is 0. The van der Waals surface area contributed by atoms with Gasteiger partial charge in [-0.15, -0.1) is 0 Å². The second-order valence-electron chi connectivity index (χ2n) is 3.26. The van der Waals surface area contributed by atoms with Gasteiger partial charge in [-0.3, -0.25) is 0 Å². The van der Waals surface area contributed by atoms with E-state index in [0.717, 1.165) is 12.8 Å². The Kier molecular flexibility index (Phi) is 7.94. The van der Waals surface area contributed by atoms with Crippen LogP contribution in [0.3, 0.4) is 0 Å². The molecule has 5 nitrogen and oxygen atoms in total. The Morgan fingerprint density at radius 1 is 1.53 bits per heavy atom. The molecule has 0 heterocycles. The van der Waals surface area contributed by atoms with Gasteiger partial charge in [-0.1, -0.05) is 12.2 Å². The van der Waals surface area contributed by atoms with Crippen LogP contribution in [0.1, 0.15) is 26.2 Å². The number of nitrogens with two attached hydrogens (primary N) is 1. The standard InChI is InChI=1S/C9H17N3O2S/c1-7(15)6-11-12-8(9(13)14)4-2-3-5-10/h8H,2-6,10H2,1H3,(H,13,14)/t8-/m0/s1. The van der Waals surface area contributed by atoms with Crippen molar-refractivity contribution in [1.29, 1.82) is 0 Å². The van der Waals surface area contributed by atoms with Crippen molar-refractivity contribution in [2.24, 2.45) is 16.0 Å². The molecule has 0 aliphatic carbocycles. The lowest BCUT2D eigenvalue weighted by molar-refractivity contribution is -0.138. The van der Waals surface area contributed by atoms with E-state index in [4.69, 9.17) is 23.1 Å². The van der Waals surface area contributed by atoms with E-state index in [9.17, 15) is 4.79 Å². The van der Waals surface area contributed by atoms with Gasteiger partial charge >= 0.3 is 5.97 Å². The molecule has 15 heavy (non-hydrogen) atoms. The summed E-state index contributed by atoms with van der Waals surface area (Å²) in [5, 5.41) is 16.3. The maximum absolute atomic E-state index is 10.8. The van der Waals surface area contributed by atoms with Crippen LogP contribution in [0.25, 0.3) is 0 Å². The zero-order valence-electron chi connectivity index (χ0n) is 8.85. The van der Waals surface area contributed by atoms with Crippen LogP contribution < -0.4 is 5.73 Å². The third-order valence-corrected chi connectivity index (χ3v) is 1.86. The third-order valence-electron chi connectivity index (χ3n) is 1.73. The lowest BCUT2D eigenvalue weighted by Crippen LogP contribution is -2.18. The second kappa shape index (κ2) is 8.43. The first-order valence-electron chi connectivity index (χ1n) is 4.87. The highest BCUT2D eigenvalue weighted by Gasteiger charge is 2.15. The van der Waals surface area contributed by atoms with Gasteiger partial charge in [0.05, 0.1) is 6.54 Å². The van der Waals surface area contributed by atoms with Gasteiger partial charge in [0.1, 0.15) is 0 Å². The number of nitrogens with zero attached hydrogens (tertiary/aromatic N) is 2. The Labute approximate surface area is 94.8 Å². The topological polar surface area (TPSA) is 88.0 Å². The highest BCUT2D eigenvalue weighted by Crippen LogP contribution is 2.05. The van der Waals surface area contributed by atoms with Crippen molar-refractivity contribution in [1.82, 2.24) is 0 Å². The van der Waals surface area contributed by atoms with Gasteiger partial charge in [-0.05, 0) is 32.7 Å². The average molecular weight is 231 g/mol. The Morgan fingerprint density at radius 3 is 2.67 bits per heavy atom. The fraction of sp³-hybridized carbons (Fsp3) is 0.778. The van der Waals surface area contributed by atoms with Gasteiger partial charge in [-0.2, -0.15) is 10.2 Å². The largest absolute Gasteiger partial charge is 0.480 e. The molecular formula is C9H17N3O2S. The number of rotatable bonds is 8. The van der Waals surface area contributed by atoms with E-state index in [0.29, 0.717) is 24.4 Å². The van der Waals surface area contributed by atoms with E-state index < -0.39 is 12.0 Å². The number of hydrogen-bond donors (Lipinski definition) is 2. The molecule has 0 fully saturated rings. The zero-order valence-corrected chi connectivity index (χ0v) is 9.66. The summed E-state index contributed by atoms with van der Waals surface area (Å²) in [5.41, 5.74) is 5.31. The van der Waals surface area contributed by atoms with Crippen molar-refractivity contribution >= 4 is 23.1 Å². The fourth-order valence-corrected chi connectivity index (χ4v) is 1.01. The Balaban J connectivity index is 3.98. The highest BCUT2D eigenvalue weighted by molar-refractivity contribution is 7.80. The predicted molar refractivity (Wildman–Crippen MR) is 62.3 cm³/mol. The van der Waals surface area contributed by atoms with Gasteiger partial charge in [0.2, 0.25) is 0 Å². The Hall–Kier alpha value is -0.880. The van der Waals surface area contributed by atoms with Crippen molar-refractivity contribution in [3.63, 3.8) is 0 Å². The number of hydrogen-bond acceptors (Lipinski definition) is 5. The summed E-state index contributed by atoms with van der Waals surface area (Å²) in [4.78, 5) is 11.5. The van der Waals surface area contributed by atoms with Crippen molar-refractivity contribution in [3.8, 4) is 0 Å². The van der Waals surface area contributed by atoms with Gasteiger partial charge in [0.25, 0.3) is 0 Å². The number of aliphatic carboxylic acids is 1. The molecule has 0 spiro atoms. The lowest BCUT2D eigenvalue weighted by atomic mass is 10.1. The van der Waals surface area contributed by atoms with Crippen molar-refractivity contribution in [2.45, 2.75) is 32.2 Å². The molecule has 0 aromatic heterocycles. The fourth-order valence-electron chi connectivity index (χ4n) is 0.952. The summed E-state index contributed by atoms with van der Waals surface area (Å²) in [5.74, 6) is -0.946. The second-order valence-corrected chi connectivity index (χ2v) is 3.95. The number of thiocarbonyl (C=S) groups is 1. The normalized spacial score (nSPS) is 12.9. The van der Waals surface area contributed by atoms with Crippen molar-refractivity contribution in [2.75, 3.05) is 13.1 Å². The quantitative estimate of drug-likeness (QED) is 0.375. The number of carbonyl (C=O) groups is 1. The first-order valence-corrected chi connectivity index (χ1v) is 5.27. The van der Waals surface area contributed by atoms with Gasteiger partial charge in [0, 0.05) is 4.86 Å². The first-order chi connectivity index (χ1) is 7.07. The Morgan fingerprint density at radius 2 is 2.20 bits per heavy atom. The van der Waals surface area contributed by atoms with Gasteiger partial charge in [-0.25, -0.2) is 4.79 Å². The third kappa shape index (κ3) is 8.14. The van der Waals surface area contributed by atoms with E-state index in [1.165, 1.54) is 0 Å². The van der Waals surface area contributed by atoms with Crippen LogP contribution in [-0.4, -0.2) is 35.1 Å². The minimum absolute atomic E-state index is 0.315. The lowest BCUT2D eigenvalue weighted by Gasteiger charge is -2.04. The van der Waals surface area contributed by atoms with E-state index in [1.807, 2.05) is 0 Å².